The number of hydrogen-bond acceptors (Lipinski definition) is 3. The first-order valence-corrected chi connectivity index (χ1v) is 7.10. The zero-order chi connectivity index (χ0) is 13.9. The van der Waals surface area contributed by atoms with Crippen molar-refractivity contribution in [2.24, 2.45) is 0 Å². The van der Waals surface area contributed by atoms with Crippen molar-refractivity contribution < 1.29 is 13.9 Å². The van der Waals surface area contributed by atoms with Crippen LogP contribution in [0.25, 0.3) is 0 Å². The van der Waals surface area contributed by atoms with Crippen LogP contribution in [0.15, 0.2) is 35.9 Å². The molecule has 2 heterocycles. The van der Waals surface area contributed by atoms with Gasteiger partial charge in [-0.15, -0.1) is 0 Å². The van der Waals surface area contributed by atoms with E-state index in [-0.39, 0.29) is 5.82 Å². The van der Waals surface area contributed by atoms with E-state index in [2.05, 4.69) is 18.0 Å². The molecule has 4 heteroatoms. The van der Waals surface area contributed by atoms with Gasteiger partial charge in [-0.2, -0.15) is 0 Å². The Bertz CT molecular complexity index is 486. The highest BCUT2D eigenvalue weighted by Gasteiger charge is 2.31. The third-order valence-corrected chi connectivity index (χ3v) is 4.13. The molecule has 2 atom stereocenters. The quantitative estimate of drug-likeness (QED) is 0.790. The van der Waals surface area contributed by atoms with E-state index in [1.807, 2.05) is 0 Å². The van der Waals surface area contributed by atoms with Gasteiger partial charge < -0.3 is 9.47 Å². The SMILES string of the molecule is CN1C2C=C(CCOc3ccc(F)cc3)CC1COC2. The first-order valence-electron chi connectivity index (χ1n) is 7.10. The maximum absolute atomic E-state index is 12.8. The van der Waals surface area contributed by atoms with E-state index in [1.54, 1.807) is 12.1 Å². The highest BCUT2D eigenvalue weighted by Crippen LogP contribution is 2.27. The Hall–Kier alpha value is -1.39. The summed E-state index contributed by atoms with van der Waals surface area (Å²) in [5.41, 5.74) is 1.45. The number of likely N-dealkylation sites (N-methyl/N-ethyl adjacent to an activating group) is 1. The molecule has 0 aliphatic carbocycles. The first kappa shape index (κ1) is 13.6. The molecule has 3 nitrogen and oxygen atoms in total. The fraction of sp³-hybridized carbons (Fsp3) is 0.500. The predicted octanol–water partition coefficient (Wildman–Crippen LogP) is 2.62. The van der Waals surface area contributed by atoms with Crippen molar-refractivity contribution >= 4 is 0 Å². The molecule has 2 bridgehead atoms. The van der Waals surface area contributed by atoms with Gasteiger partial charge in [0.1, 0.15) is 11.6 Å². The van der Waals surface area contributed by atoms with Gasteiger partial charge in [-0.3, -0.25) is 4.90 Å². The van der Waals surface area contributed by atoms with Crippen LogP contribution in [0, 0.1) is 5.82 Å². The standard InChI is InChI=1S/C16H20FNO2/c1-18-14-8-12(9-15(18)11-19-10-14)6-7-20-16-4-2-13(17)3-5-16/h2-5,8,14-15H,6-7,9-11H2,1H3. The van der Waals surface area contributed by atoms with E-state index in [0.717, 1.165) is 31.8 Å². The number of rotatable bonds is 4. The molecular weight excluding hydrogens is 257 g/mol. The fourth-order valence-electron chi connectivity index (χ4n) is 2.86. The smallest absolute Gasteiger partial charge is 0.123 e. The highest BCUT2D eigenvalue weighted by atomic mass is 19.1. The third-order valence-electron chi connectivity index (χ3n) is 4.13. The number of hydrogen-bond donors (Lipinski definition) is 0. The first-order chi connectivity index (χ1) is 9.72. The zero-order valence-electron chi connectivity index (χ0n) is 11.7. The van der Waals surface area contributed by atoms with E-state index in [1.165, 1.54) is 17.7 Å². The summed E-state index contributed by atoms with van der Waals surface area (Å²) < 4.78 is 24.0. The Kier molecular flexibility index (Phi) is 4.03. The molecule has 1 aromatic carbocycles. The Morgan fingerprint density at radius 1 is 1.30 bits per heavy atom. The topological polar surface area (TPSA) is 21.7 Å². The molecule has 0 spiro atoms. The number of fused-ring (bicyclic) bond motifs is 2. The van der Waals surface area contributed by atoms with E-state index in [9.17, 15) is 4.39 Å². The summed E-state index contributed by atoms with van der Waals surface area (Å²) in [4.78, 5) is 2.40. The van der Waals surface area contributed by atoms with Gasteiger partial charge in [0.25, 0.3) is 0 Å². The molecular formula is C16H20FNO2. The van der Waals surface area contributed by atoms with Crippen molar-refractivity contribution in [3.63, 3.8) is 0 Å². The van der Waals surface area contributed by atoms with Gasteiger partial charge in [0, 0.05) is 12.5 Å². The van der Waals surface area contributed by atoms with Crippen molar-refractivity contribution in [3.8, 4) is 5.75 Å². The summed E-state index contributed by atoms with van der Waals surface area (Å²) in [5.74, 6) is 0.492. The van der Waals surface area contributed by atoms with Gasteiger partial charge in [-0.25, -0.2) is 4.39 Å². The molecule has 0 radical (unpaired) electrons. The van der Waals surface area contributed by atoms with Gasteiger partial charge >= 0.3 is 0 Å². The largest absolute Gasteiger partial charge is 0.493 e. The zero-order valence-corrected chi connectivity index (χ0v) is 11.7. The lowest BCUT2D eigenvalue weighted by Crippen LogP contribution is -2.51. The van der Waals surface area contributed by atoms with Crippen molar-refractivity contribution in [1.82, 2.24) is 4.90 Å². The van der Waals surface area contributed by atoms with Crippen molar-refractivity contribution in [2.45, 2.75) is 24.9 Å². The second-order valence-corrected chi connectivity index (χ2v) is 5.51. The molecule has 2 unspecified atom stereocenters. The third kappa shape index (κ3) is 3.02. The maximum Gasteiger partial charge on any atom is 0.123 e. The Morgan fingerprint density at radius 3 is 2.85 bits per heavy atom. The van der Waals surface area contributed by atoms with Crippen LogP contribution >= 0.6 is 0 Å². The monoisotopic (exact) mass is 277 g/mol. The van der Waals surface area contributed by atoms with Crippen LogP contribution < -0.4 is 4.74 Å². The van der Waals surface area contributed by atoms with E-state index < -0.39 is 0 Å². The van der Waals surface area contributed by atoms with E-state index in [0.29, 0.717) is 18.7 Å². The Morgan fingerprint density at radius 2 is 2.10 bits per heavy atom. The fourth-order valence-corrected chi connectivity index (χ4v) is 2.86. The van der Waals surface area contributed by atoms with Crippen LogP contribution in [-0.4, -0.2) is 43.9 Å². The van der Waals surface area contributed by atoms with Gasteiger partial charge in [-0.05, 0) is 37.7 Å². The average molecular weight is 277 g/mol. The molecule has 0 amide bonds. The lowest BCUT2D eigenvalue weighted by Gasteiger charge is -2.42. The second-order valence-electron chi connectivity index (χ2n) is 5.51. The lowest BCUT2D eigenvalue weighted by molar-refractivity contribution is -0.0263. The molecule has 2 aliphatic heterocycles. The summed E-state index contributed by atoms with van der Waals surface area (Å²) in [6.45, 7) is 2.25. The van der Waals surface area contributed by atoms with Crippen molar-refractivity contribution in [1.29, 1.82) is 0 Å². The predicted molar refractivity (Wildman–Crippen MR) is 75.4 cm³/mol. The molecule has 108 valence electrons. The molecule has 1 aromatic rings. The average Bonchev–Trinajstić information content (AvgIpc) is 2.42. The van der Waals surface area contributed by atoms with E-state index >= 15 is 0 Å². The normalized spacial score (nSPS) is 26.2. The van der Waals surface area contributed by atoms with Gasteiger partial charge in [0.15, 0.2) is 0 Å². The Balaban J connectivity index is 1.52. The minimum Gasteiger partial charge on any atom is -0.493 e. The highest BCUT2D eigenvalue weighted by molar-refractivity contribution is 5.22. The maximum atomic E-state index is 12.8. The molecule has 1 fully saturated rings. The molecule has 0 N–H and O–H groups in total. The van der Waals surface area contributed by atoms with Gasteiger partial charge in [0.2, 0.25) is 0 Å². The molecule has 20 heavy (non-hydrogen) atoms. The van der Waals surface area contributed by atoms with Crippen LogP contribution in [0.4, 0.5) is 4.39 Å². The summed E-state index contributed by atoms with van der Waals surface area (Å²) in [5, 5.41) is 0. The van der Waals surface area contributed by atoms with Crippen LogP contribution in [-0.2, 0) is 4.74 Å². The lowest BCUT2D eigenvalue weighted by atomic mass is 9.93. The number of benzene rings is 1. The van der Waals surface area contributed by atoms with Crippen molar-refractivity contribution in [2.75, 3.05) is 26.9 Å². The minimum atomic E-state index is -0.233. The molecule has 0 aromatic heterocycles. The van der Waals surface area contributed by atoms with Crippen LogP contribution in [0.1, 0.15) is 12.8 Å². The summed E-state index contributed by atoms with van der Waals surface area (Å²) in [7, 11) is 2.17. The van der Waals surface area contributed by atoms with Crippen LogP contribution in [0.2, 0.25) is 0 Å². The second kappa shape index (κ2) is 5.94. The molecule has 3 rings (SSSR count). The summed E-state index contributed by atoms with van der Waals surface area (Å²) >= 11 is 0. The summed E-state index contributed by atoms with van der Waals surface area (Å²) in [6, 6.07) is 7.09. The van der Waals surface area contributed by atoms with Gasteiger partial charge in [0.05, 0.1) is 25.9 Å². The number of ether oxygens (including phenoxy) is 2. The summed E-state index contributed by atoms with van der Waals surface area (Å²) in [6.07, 6.45) is 4.29. The number of morpholine rings is 1. The molecule has 1 saturated heterocycles. The van der Waals surface area contributed by atoms with Crippen LogP contribution in [0.3, 0.4) is 0 Å². The number of halogens is 1. The minimum absolute atomic E-state index is 0.233. The van der Waals surface area contributed by atoms with E-state index in [4.69, 9.17) is 9.47 Å². The number of nitrogens with zero attached hydrogens (tertiary/aromatic N) is 1. The van der Waals surface area contributed by atoms with Crippen LogP contribution in [0.5, 0.6) is 5.75 Å². The molecule has 2 aliphatic rings. The van der Waals surface area contributed by atoms with Gasteiger partial charge in [-0.1, -0.05) is 11.6 Å². The Labute approximate surface area is 119 Å². The van der Waals surface area contributed by atoms with Crippen molar-refractivity contribution in [3.05, 3.63) is 41.7 Å². The molecule has 0 saturated carbocycles.